The minimum absolute atomic E-state index is 0.407. The van der Waals surface area contributed by atoms with Gasteiger partial charge < -0.3 is 0 Å². The summed E-state index contributed by atoms with van der Waals surface area (Å²) in [6.07, 6.45) is 9.67. The van der Waals surface area contributed by atoms with Crippen molar-refractivity contribution in [2.24, 2.45) is 0 Å². The predicted molar refractivity (Wildman–Crippen MR) is 72.4 cm³/mol. The Balaban J connectivity index is 1.72. The summed E-state index contributed by atoms with van der Waals surface area (Å²) in [5.74, 6) is 0. The highest BCUT2D eigenvalue weighted by atomic mass is 15.3. The Morgan fingerprint density at radius 2 is 2.37 bits per heavy atom. The van der Waals surface area contributed by atoms with Crippen molar-refractivity contribution in [1.29, 1.82) is 0 Å². The number of nitrogens with zero attached hydrogens (tertiary/aromatic N) is 5. The Labute approximate surface area is 113 Å². The normalized spacial score (nSPS) is 21.6. The van der Waals surface area contributed by atoms with E-state index in [1.54, 1.807) is 12.7 Å². The van der Waals surface area contributed by atoms with Crippen LogP contribution >= 0.6 is 0 Å². The van der Waals surface area contributed by atoms with E-state index >= 15 is 0 Å². The van der Waals surface area contributed by atoms with Gasteiger partial charge in [0, 0.05) is 24.5 Å². The van der Waals surface area contributed by atoms with Crippen LogP contribution in [0, 0.1) is 0 Å². The van der Waals surface area contributed by atoms with Gasteiger partial charge in [-0.3, -0.25) is 14.6 Å². The van der Waals surface area contributed by atoms with Gasteiger partial charge in [0.25, 0.3) is 0 Å². The van der Waals surface area contributed by atoms with Crippen LogP contribution in [0.15, 0.2) is 37.2 Å². The molecule has 2 atom stereocenters. The fourth-order valence-electron chi connectivity index (χ4n) is 2.92. The quantitative estimate of drug-likeness (QED) is 0.839. The third kappa shape index (κ3) is 2.66. The van der Waals surface area contributed by atoms with E-state index in [1.807, 2.05) is 23.1 Å². The summed E-state index contributed by atoms with van der Waals surface area (Å²) in [6.45, 7) is 4.33. The smallest absolute Gasteiger partial charge is 0.137 e. The van der Waals surface area contributed by atoms with Crippen LogP contribution in [-0.4, -0.2) is 37.2 Å². The molecule has 19 heavy (non-hydrogen) atoms. The Morgan fingerprint density at radius 3 is 3.11 bits per heavy atom. The van der Waals surface area contributed by atoms with Crippen molar-refractivity contribution in [3.63, 3.8) is 0 Å². The number of likely N-dealkylation sites (tertiary alicyclic amines) is 1. The maximum Gasteiger partial charge on any atom is 0.137 e. The van der Waals surface area contributed by atoms with E-state index in [4.69, 9.17) is 0 Å². The van der Waals surface area contributed by atoms with Gasteiger partial charge in [-0.15, -0.1) is 0 Å². The molecule has 0 unspecified atom stereocenters. The molecule has 3 heterocycles. The monoisotopic (exact) mass is 257 g/mol. The first-order valence-corrected chi connectivity index (χ1v) is 6.82. The fourth-order valence-corrected chi connectivity index (χ4v) is 2.92. The van der Waals surface area contributed by atoms with Crippen LogP contribution in [-0.2, 0) is 6.54 Å². The molecule has 0 aromatic carbocycles. The summed E-state index contributed by atoms with van der Waals surface area (Å²) in [7, 11) is 0. The van der Waals surface area contributed by atoms with Crippen molar-refractivity contribution in [1.82, 2.24) is 24.6 Å². The van der Waals surface area contributed by atoms with Gasteiger partial charge in [-0.25, -0.2) is 4.98 Å². The lowest BCUT2D eigenvalue weighted by Crippen LogP contribution is -2.35. The zero-order chi connectivity index (χ0) is 13.1. The molecule has 0 radical (unpaired) electrons. The molecule has 2 aromatic heterocycles. The first-order valence-electron chi connectivity index (χ1n) is 6.82. The molecule has 0 saturated carbocycles. The molecule has 0 aliphatic carbocycles. The van der Waals surface area contributed by atoms with Gasteiger partial charge in [0.1, 0.15) is 12.7 Å². The summed E-state index contributed by atoms with van der Waals surface area (Å²) in [5, 5.41) is 4.21. The first kappa shape index (κ1) is 12.3. The molecule has 0 bridgehead atoms. The van der Waals surface area contributed by atoms with E-state index in [-0.39, 0.29) is 0 Å². The van der Waals surface area contributed by atoms with Gasteiger partial charge in [0.15, 0.2) is 0 Å². The van der Waals surface area contributed by atoms with Gasteiger partial charge in [0.05, 0.1) is 6.54 Å². The van der Waals surface area contributed by atoms with Crippen molar-refractivity contribution < 1.29 is 0 Å². The maximum atomic E-state index is 4.22. The minimum Gasteiger partial charge on any atom is -0.292 e. The van der Waals surface area contributed by atoms with E-state index in [2.05, 4.69) is 33.0 Å². The Kier molecular flexibility index (Phi) is 3.55. The lowest BCUT2D eigenvalue weighted by atomic mass is 10.1. The summed E-state index contributed by atoms with van der Waals surface area (Å²) in [5.41, 5.74) is 1.29. The van der Waals surface area contributed by atoms with Crippen molar-refractivity contribution in [3.8, 4) is 0 Å². The van der Waals surface area contributed by atoms with E-state index in [1.165, 1.54) is 18.4 Å². The maximum absolute atomic E-state index is 4.22. The third-order valence-electron chi connectivity index (χ3n) is 3.95. The molecular formula is C14H19N5. The topological polar surface area (TPSA) is 46.8 Å². The highest BCUT2D eigenvalue weighted by molar-refractivity contribution is 5.13. The molecule has 0 N–H and O–H groups in total. The zero-order valence-corrected chi connectivity index (χ0v) is 11.2. The Bertz CT molecular complexity index is 496. The molecule has 5 heteroatoms. The lowest BCUT2D eigenvalue weighted by molar-refractivity contribution is 0.173. The van der Waals surface area contributed by atoms with Crippen LogP contribution in [0.2, 0.25) is 0 Å². The van der Waals surface area contributed by atoms with E-state index in [9.17, 15) is 0 Å². The average Bonchev–Trinajstić information content (AvgIpc) is 3.11. The largest absolute Gasteiger partial charge is 0.292 e. The highest BCUT2D eigenvalue weighted by Crippen LogP contribution is 2.29. The van der Waals surface area contributed by atoms with Gasteiger partial charge in [-0.2, -0.15) is 5.10 Å². The molecule has 100 valence electrons. The van der Waals surface area contributed by atoms with Crippen LogP contribution in [0.4, 0.5) is 0 Å². The van der Waals surface area contributed by atoms with Gasteiger partial charge >= 0.3 is 0 Å². The fraction of sp³-hybridized carbons (Fsp3) is 0.500. The summed E-state index contributed by atoms with van der Waals surface area (Å²) in [4.78, 5) is 10.8. The molecule has 1 aliphatic rings. The van der Waals surface area contributed by atoms with E-state index in [0.29, 0.717) is 12.1 Å². The molecule has 0 spiro atoms. The minimum atomic E-state index is 0.407. The van der Waals surface area contributed by atoms with Crippen molar-refractivity contribution >= 4 is 0 Å². The van der Waals surface area contributed by atoms with Crippen LogP contribution in [0.5, 0.6) is 0 Å². The van der Waals surface area contributed by atoms with Crippen LogP contribution in [0.1, 0.15) is 31.4 Å². The highest BCUT2D eigenvalue weighted by Gasteiger charge is 2.29. The second-order valence-electron chi connectivity index (χ2n) is 5.11. The van der Waals surface area contributed by atoms with Gasteiger partial charge in [0.2, 0.25) is 0 Å². The Morgan fingerprint density at radius 1 is 1.42 bits per heavy atom. The number of hydrogen-bond donors (Lipinski definition) is 0. The molecule has 3 rings (SSSR count). The van der Waals surface area contributed by atoms with Gasteiger partial charge in [-0.1, -0.05) is 6.07 Å². The molecular weight excluding hydrogens is 238 g/mol. The predicted octanol–water partition coefficient (Wildman–Crippen LogP) is 1.90. The van der Waals surface area contributed by atoms with Crippen LogP contribution in [0.3, 0.4) is 0 Å². The average molecular weight is 257 g/mol. The van der Waals surface area contributed by atoms with Crippen LogP contribution in [0.25, 0.3) is 0 Å². The molecule has 1 fully saturated rings. The van der Waals surface area contributed by atoms with Crippen molar-refractivity contribution in [3.05, 3.63) is 42.7 Å². The van der Waals surface area contributed by atoms with Crippen LogP contribution < -0.4 is 0 Å². The second kappa shape index (κ2) is 5.48. The number of hydrogen-bond acceptors (Lipinski definition) is 4. The zero-order valence-electron chi connectivity index (χ0n) is 11.2. The van der Waals surface area contributed by atoms with E-state index in [0.717, 1.165) is 13.1 Å². The number of rotatable bonds is 4. The Hall–Kier alpha value is -1.75. The number of aromatic nitrogens is 4. The molecule has 0 amide bonds. The van der Waals surface area contributed by atoms with Crippen molar-refractivity contribution in [2.45, 2.75) is 38.4 Å². The summed E-state index contributed by atoms with van der Waals surface area (Å²) >= 11 is 0. The second-order valence-corrected chi connectivity index (χ2v) is 5.11. The standard InChI is InChI=1S/C14H19N5/c1-12(13-4-2-6-15-8-13)19-7-3-5-14(19)9-18-11-16-10-17-18/h2,4,6,8,10-12,14H,3,5,7,9H2,1H3/t12-,14-/m1/s1. The molecule has 5 nitrogen and oxygen atoms in total. The first-order chi connectivity index (χ1) is 9.34. The molecule has 1 aliphatic heterocycles. The molecule has 1 saturated heterocycles. The third-order valence-corrected chi connectivity index (χ3v) is 3.95. The summed E-state index contributed by atoms with van der Waals surface area (Å²) in [6, 6.07) is 5.11. The number of pyridine rings is 1. The van der Waals surface area contributed by atoms with Crippen molar-refractivity contribution in [2.75, 3.05) is 6.54 Å². The molecule has 2 aromatic rings. The lowest BCUT2D eigenvalue weighted by Gasteiger charge is -2.30. The summed E-state index contributed by atoms with van der Waals surface area (Å²) < 4.78 is 1.93. The van der Waals surface area contributed by atoms with Gasteiger partial charge in [-0.05, 0) is 37.9 Å². The van der Waals surface area contributed by atoms with E-state index < -0.39 is 0 Å². The SMILES string of the molecule is C[C@H](c1cccnc1)N1CCC[C@@H]1Cn1cncn1.